The van der Waals surface area contributed by atoms with Gasteiger partial charge in [-0.1, -0.05) is 0 Å². The van der Waals surface area contributed by atoms with Gasteiger partial charge in [-0.3, -0.25) is 0 Å². The molecule has 0 aromatic heterocycles. The molecule has 1 saturated heterocycles. The summed E-state index contributed by atoms with van der Waals surface area (Å²) in [4.78, 5) is 26.4. The highest BCUT2D eigenvalue weighted by Crippen LogP contribution is 2.31. The molecule has 0 aromatic carbocycles. The Morgan fingerprint density at radius 3 is 2.55 bits per heavy atom. The Morgan fingerprint density at radius 2 is 2.05 bits per heavy atom. The van der Waals surface area contributed by atoms with Crippen LogP contribution in [0.2, 0.25) is 0 Å². The molecule has 7 nitrogen and oxygen atoms in total. The Kier molecular flexibility index (Phi) is 4.49. The summed E-state index contributed by atoms with van der Waals surface area (Å²) in [5, 5.41) is 8.61. The maximum atomic E-state index is 12.4. The van der Waals surface area contributed by atoms with Crippen molar-refractivity contribution in [1.29, 1.82) is 0 Å². The van der Waals surface area contributed by atoms with E-state index in [0.29, 0.717) is 32.3 Å². The third-order valence-electron chi connectivity index (χ3n) is 3.63. The Hall–Kier alpha value is -1.34. The molecule has 0 spiro atoms. The summed E-state index contributed by atoms with van der Waals surface area (Å²) in [6, 6.07) is 0.338. The number of carbonyl (C=O) groups is 2. The monoisotopic (exact) mass is 286 g/mol. The van der Waals surface area contributed by atoms with Crippen LogP contribution in [0.25, 0.3) is 0 Å². The number of urea groups is 1. The average Bonchev–Trinajstić information content (AvgIpc) is 3.17. The quantitative estimate of drug-likeness (QED) is 0.732. The summed E-state index contributed by atoms with van der Waals surface area (Å²) < 4.78 is 10.3. The largest absolute Gasteiger partial charge is 0.480 e. The molecule has 1 heterocycles. The van der Waals surface area contributed by atoms with Crippen LogP contribution in [0.3, 0.4) is 0 Å². The number of ether oxygens (including phenoxy) is 2. The number of carboxylic acid groups (broad SMARTS) is 1. The summed E-state index contributed by atoms with van der Waals surface area (Å²) in [5.74, 6) is -0.990. The molecule has 1 saturated carbocycles. The van der Waals surface area contributed by atoms with Crippen molar-refractivity contribution in [3.63, 3.8) is 0 Å². The van der Waals surface area contributed by atoms with Crippen LogP contribution in [-0.2, 0) is 14.3 Å². The van der Waals surface area contributed by atoms with Crippen molar-refractivity contribution in [3.8, 4) is 0 Å². The molecule has 0 atom stereocenters. The summed E-state index contributed by atoms with van der Waals surface area (Å²) in [7, 11) is 1.62. The van der Waals surface area contributed by atoms with Crippen molar-refractivity contribution in [2.75, 3.05) is 40.0 Å². The lowest BCUT2D eigenvalue weighted by Crippen LogP contribution is -2.66. The molecule has 20 heavy (non-hydrogen) atoms. The highest BCUT2D eigenvalue weighted by molar-refractivity contribution is 5.76. The smallest absolute Gasteiger partial charge is 0.329 e. The van der Waals surface area contributed by atoms with Gasteiger partial charge in [-0.05, 0) is 19.8 Å². The standard InChI is InChI=1S/C13H22N2O5/c1-13(20-7-11(16)17)8-14(9-13)12(18)15(5-6-19-2)10-3-4-10/h10H,3-9H2,1-2H3,(H,16,17). The second-order valence-corrected chi connectivity index (χ2v) is 5.69. The second kappa shape index (κ2) is 5.97. The lowest BCUT2D eigenvalue weighted by atomic mass is 9.97. The summed E-state index contributed by atoms with van der Waals surface area (Å²) in [6.45, 7) is 3.52. The summed E-state index contributed by atoms with van der Waals surface area (Å²) in [6.07, 6.45) is 2.10. The number of rotatable bonds is 7. The highest BCUT2D eigenvalue weighted by Gasteiger charge is 2.46. The molecule has 2 rings (SSSR count). The third-order valence-corrected chi connectivity index (χ3v) is 3.63. The summed E-state index contributed by atoms with van der Waals surface area (Å²) >= 11 is 0. The fourth-order valence-electron chi connectivity index (χ4n) is 2.42. The zero-order valence-electron chi connectivity index (χ0n) is 12.0. The van der Waals surface area contributed by atoms with E-state index in [-0.39, 0.29) is 12.6 Å². The minimum Gasteiger partial charge on any atom is -0.480 e. The van der Waals surface area contributed by atoms with Crippen LogP contribution in [0, 0.1) is 0 Å². The van der Waals surface area contributed by atoms with E-state index in [9.17, 15) is 9.59 Å². The molecule has 114 valence electrons. The minimum absolute atomic E-state index is 0.000880. The maximum absolute atomic E-state index is 12.4. The summed E-state index contributed by atoms with van der Waals surface area (Å²) in [5.41, 5.74) is -0.537. The molecule has 1 aliphatic heterocycles. The average molecular weight is 286 g/mol. The first-order valence-corrected chi connectivity index (χ1v) is 6.85. The molecule has 1 N–H and O–H groups in total. The fourth-order valence-corrected chi connectivity index (χ4v) is 2.42. The van der Waals surface area contributed by atoms with Crippen molar-refractivity contribution in [2.24, 2.45) is 0 Å². The molecule has 2 fully saturated rings. The Labute approximate surface area is 118 Å². The number of carboxylic acids is 1. The van der Waals surface area contributed by atoms with Crippen molar-refractivity contribution in [3.05, 3.63) is 0 Å². The first kappa shape index (κ1) is 15.1. The molecule has 0 bridgehead atoms. The van der Waals surface area contributed by atoms with Gasteiger partial charge in [0.2, 0.25) is 0 Å². The molecule has 0 aromatic rings. The van der Waals surface area contributed by atoms with E-state index in [1.54, 1.807) is 12.0 Å². The van der Waals surface area contributed by atoms with Gasteiger partial charge in [-0.25, -0.2) is 9.59 Å². The van der Waals surface area contributed by atoms with Crippen molar-refractivity contribution in [2.45, 2.75) is 31.4 Å². The normalized spacial score (nSPS) is 20.4. The van der Waals surface area contributed by atoms with Crippen molar-refractivity contribution in [1.82, 2.24) is 9.80 Å². The van der Waals surface area contributed by atoms with Gasteiger partial charge >= 0.3 is 12.0 Å². The number of methoxy groups -OCH3 is 1. The van der Waals surface area contributed by atoms with Gasteiger partial charge in [0.15, 0.2) is 0 Å². The predicted molar refractivity (Wildman–Crippen MR) is 70.6 cm³/mol. The molecule has 0 radical (unpaired) electrons. The van der Waals surface area contributed by atoms with Crippen LogP contribution in [0.4, 0.5) is 4.79 Å². The van der Waals surface area contributed by atoms with Gasteiger partial charge in [-0.2, -0.15) is 0 Å². The zero-order valence-corrected chi connectivity index (χ0v) is 12.0. The highest BCUT2D eigenvalue weighted by atomic mass is 16.5. The number of carbonyl (C=O) groups excluding carboxylic acids is 1. The number of nitrogens with zero attached hydrogens (tertiary/aromatic N) is 2. The number of hydrogen-bond donors (Lipinski definition) is 1. The van der Waals surface area contributed by atoms with E-state index >= 15 is 0 Å². The van der Waals surface area contributed by atoms with Gasteiger partial charge in [0, 0.05) is 19.7 Å². The lowest BCUT2D eigenvalue weighted by Gasteiger charge is -2.48. The van der Waals surface area contributed by atoms with Crippen LogP contribution < -0.4 is 0 Å². The van der Waals surface area contributed by atoms with E-state index in [1.165, 1.54) is 0 Å². The maximum Gasteiger partial charge on any atom is 0.329 e. The van der Waals surface area contributed by atoms with Crippen molar-refractivity contribution >= 4 is 12.0 Å². The molecule has 2 amide bonds. The third kappa shape index (κ3) is 3.61. The van der Waals surface area contributed by atoms with Crippen LogP contribution in [0.1, 0.15) is 19.8 Å². The molecular formula is C13H22N2O5. The van der Waals surface area contributed by atoms with Gasteiger partial charge < -0.3 is 24.4 Å². The lowest BCUT2D eigenvalue weighted by molar-refractivity contribution is -0.160. The Balaban J connectivity index is 1.80. The minimum atomic E-state index is -0.990. The molecular weight excluding hydrogens is 264 g/mol. The van der Waals surface area contributed by atoms with E-state index in [4.69, 9.17) is 14.6 Å². The zero-order chi connectivity index (χ0) is 14.8. The predicted octanol–water partition coefficient (Wildman–Crippen LogP) is 0.393. The van der Waals surface area contributed by atoms with Crippen molar-refractivity contribution < 1.29 is 24.2 Å². The number of likely N-dealkylation sites (tertiary alicyclic amines) is 1. The van der Waals surface area contributed by atoms with Crippen LogP contribution in [0.15, 0.2) is 0 Å². The first-order chi connectivity index (χ1) is 9.45. The molecule has 1 aliphatic carbocycles. The molecule has 7 heteroatoms. The van der Waals surface area contributed by atoms with Gasteiger partial charge in [-0.15, -0.1) is 0 Å². The number of amides is 2. The van der Waals surface area contributed by atoms with E-state index in [0.717, 1.165) is 12.8 Å². The van der Waals surface area contributed by atoms with E-state index < -0.39 is 11.6 Å². The Bertz CT molecular complexity index is 377. The van der Waals surface area contributed by atoms with Gasteiger partial charge in [0.25, 0.3) is 0 Å². The second-order valence-electron chi connectivity index (χ2n) is 5.69. The van der Waals surface area contributed by atoms with Crippen LogP contribution in [0.5, 0.6) is 0 Å². The molecule has 0 unspecified atom stereocenters. The van der Waals surface area contributed by atoms with E-state index in [2.05, 4.69) is 0 Å². The van der Waals surface area contributed by atoms with Gasteiger partial charge in [0.05, 0.1) is 19.7 Å². The fraction of sp³-hybridized carbons (Fsp3) is 0.846. The number of aliphatic carboxylic acids is 1. The van der Waals surface area contributed by atoms with Gasteiger partial charge in [0.1, 0.15) is 12.2 Å². The molecule has 2 aliphatic rings. The first-order valence-electron chi connectivity index (χ1n) is 6.85. The van der Waals surface area contributed by atoms with Crippen LogP contribution in [-0.4, -0.2) is 78.5 Å². The van der Waals surface area contributed by atoms with Crippen LogP contribution >= 0.6 is 0 Å². The number of hydrogen-bond acceptors (Lipinski definition) is 4. The van der Waals surface area contributed by atoms with E-state index in [1.807, 2.05) is 11.8 Å². The Morgan fingerprint density at radius 1 is 1.40 bits per heavy atom. The topological polar surface area (TPSA) is 79.3 Å². The SMILES string of the molecule is COCCN(C(=O)N1CC(C)(OCC(=O)O)C1)C1CC1.